The summed E-state index contributed by atoms with van der Waals surface area (Å²) in [6.45, 7) is 3.42. The SMILES string of the molecule is C[C@H](N)[C@](C)(Cc1ccccc1)C(=O)O. The molecule has 0 amide bonds. The Labute approximate surface area is 89.9 Å². The number of hydrogen-bond acceptors (Lipinski definition) is 2. The van der Waals surface area contributed by atoms with E-state index < -0.39 is 11.4 Å². The highest BCUT2D eigenvalue weighted by Gasteiger charge is 2.37. The zero-order chi connectivity index (χ0) is 11.5. The van der Waals surface area contributed by atoms with Crippen LogP contribution in [0.25, 0.3) is 0 Å². The van der Waals surface area contributed by atoms with Crippen molar-refractivity contribution in [2.45, 2.75) is 26.3 Å². The average Bonchev–Trinajstić information content (AvgIpc) is 2.18. The molecule has 0 unspecified atom stereocenters. The van der Waals surface area contributed by atoms with Gasteiger partial charge in [-0.25, -0.2) is 0 Å². The van der Waals surface area contributed by atoms with E-state index in [-0.39, 0.29) is 6.04 Å². The first-order valence-electron chi connectivity index (χ1n) is 4.99. The highest BCUT2D eigenvalue weighted by Crippen LogP contribution is 2.26. The van der Waals surface area contributed by atoms with E-state index >= 15 is 0 Å². The Morgan fingerprint density at radius 3 is 2.40 bits per heavy atom. The highest BCUT2D eigenvalue weighted by atomic mass is 16.4. The molecule has 3 nitrogen and oxygen atoms in total. The van der Waals surface area contributed by atoms with Crippen molar-refractivity contribution in [2.75, 3.05) is 0 Å². The molecule has 0 aromatic heterocycles. The van der Waals surface area contributed by atoms with Gasteiger partial charge >= 0.3 is 5.97 Å². The van der Waals surface area contributed by atoms with Gasteiger partial charge in [-0.2, -0.15) is 0 Å². The molecule has 0 aliphatic rings. The van der Waals surface area contributed by atoms with Crippen molar-refractivity contribution >= 4 is 5.97 Å². The maximum absolute atomic E-state index is 11.2. The largest absolute Gasteiger partial charge is 0.481 e. The van der Waals surface area contributed by atoms with Crippen LogP contribution in [0.3, 0.4) is 0 Å². The summed E-state index contributed by atoms with van der Waals surface area (Å²) in [5.74, 6) is -0.846. The van der Waals surface area contributed by atoms with E-state index in [1.165, 1.54) is 0 Å². The van der Waals surface area contributed by atoms with E-state index in [1.807, 2.05) is 30.3 Å². The average molecular weight is 207 g/mol. The summed E-state index contributed by atoms with van der Waals surface area (Å²) < 4.78 is 0. The second kappa shape index (κ2) is 4.45. The molecule has 0 spiro atoms. The minimum Gasteiger partial charge on any atom is -0.481 e. The molecule has 1 rings (SSSR count). The third kappa shape index (κ3) is 2.57. The van der Waals surface area contributed by atoms with E-state index in [4.69, 9.17) is 5.73 Å². The molecule has 0 bridgehead atoms. The van der Waals surface area contributed by atoms with Gasteiger partial charge in [-0.15, -0.1) is 0 Å². The molecule has 3 N–H and O–H groups in total. The van der Waals surface area contributed by atoms with Gasteiger partial charge in [-0.1, -0.05) is 30.3 Å². The maximum atomic E-state index is 11.2. The molecule has 0 heterocycles. The van der Waals surface area contributed by atoms with Crippen molar-refractivity contribution in [2.24, 2.45) is 11.1 Å². The van der Waals surface area contributed by atoms with E-state index in [9.17, 15) is 9.90 Å². The number of carboxylic acids is 1. The van der Waals surface area contributed by atoms with Gasteiger partial charge in [0.05, 0.1) is 5.41 Å². The predicted octanol–water partition coefficient (Wildman–Crippen LogP) is 1.67. The Bertz CT molecular complexity index is 335. The molecule has 2 atom stereocenters. The van der Waals surface area contributed by atoms with E-state index in [0.29, 0.717) is 6.42 Å². The summed E-state index contributed by atoms with van der Waals surface area (Å²) in [4.78, 5) is 11.2. The predicted molar refractivity (Wildman–Crippen MR) is 59.5 cm³/mol. The molecule has 0 fully saturated rings. The number of carboxylic acid groups (broad SMARTS) is 1. The molecule has 1 aromatic carbocycles. The summed E-state index contributed by atoms with van der Waals surface area (Å²) in [6, 6.07) is 9.17. The minimum atomic E-state index is -0.901. The molecule has 0 saturated heterocycles. The standard InChI is InChI=1S/C12H17NO2/c1-9(13)12(2,11(14)15)8-10-6-4-3-5-7-10/h3-7,9H,8,13H2,1-2H3,(H,14,15)/t9-,12-/m0/s1. The van der Waals surface area contributed by atoms with Crippen LogP contribution >= 0.6 is 0 Å². The van der Waals surface area contributed by atoms with Gasteiger partial charge in [0.2, 0.25) is 0 Å². The van der Waals surface area contributed by atoms with Crippen LogP contribution < -0.4 is 5.73 Å². The number of hydrogen-bond donors (Lipinski definition) is 2. The van der Waals surface area contributed by atoms with E-state index in [2.05, 4.69) is 0 Å². The minimum absolute atomic E-state index is 0.379. The molecule has 1 aromatic rings. The third-order valence-electron chi connectivity index (χ3n) is 2.91. The normalized spacial score (nSPS) is 16.7. The number of rotatable bonds is 4. The lowest BCUT2D eigenvalue weighted by atomic mass is 9.78. The van der Waals surface area contributed by atoms with Gasteiger partial charge in [0.15, 0.2) is 0 Å². The van der Waals surface area contributed by atoms with Crippen molar-refractivity contribution in [3.63, 3.8) is 0 Å². The van der Waals surface area contributed by atoms with Crippen LogP contribution in [0, 0.1) is 5.41 Å². The summed E-state index contributed by atoms with van der Waals surface area (Å²) in [5.41, 5.74) is 5.84. The summed E-state index contributed by atoms with van der Waals surface area (Å²) in [5, 5.41) is 9.18. The Kier molecular flexibility index (Phi) is 3.48. The molecular weight excluding hydrogens is 190 g/mol. The van der Waals surface area contributed by atoms with Crippen molar-refractivity contribution < 1.29 is 9.90 Å². The van der Waals surface area contributed by atoms with Gasteiger partial charge in [-0.05, 0) is 25.8 Å². The lowest BCUT2D eigenvalue weighted by Crippen LogP contribution is -2.45. The van der Waals surface area contributed by atoms with Gasteiger partial charge in [-0.3, -0.25) is 4.79 Å². The fourth-order valence-electron chi connectivity index (χ4n) is 1.45. The zero-order valence-corrected chi connectivity index (χ0v) is 9.10. The van der Waals surface area contributed by atoms with Crippen LogP contribution in [0.1, 0.15) is 19.4 Å². The van der Waals surface area contributed by atoms with Gasteiger partial charge < -0.3 is 10.8 Å². The molecule has 0 aliphatic carbocycles. The summed E-state index contributed by atoms with van der Waals surface area (Å²) in [6.07, 6.45) is 0.459. The Balaban J connectivity index is 2.90. The van der Waals surface area contributed by atoms with E-state index in [0.717, 1.165) is 5.56 Å². The number of nitrogens with two attached hydrogens (primary N) is 1. The molecule has 3 heteroatoms. The van der Waals surface area contributed by atoms with Gasteiger partial charge in [0.25, 0.3) is 0 Å². The van der Waals surface area contributed by atoms with Crippen LogP contribution in [-0.2, 0) is 11.2 Å². The number of carbonyl (C=O) groups is 1. The van der Waals surface area contributed by atoms with E-state index in [1.54, 1.807) is 13.8 Å². The quantitative estimate of drug-likeness (QED) is 0.789. The lowest BCUT2D eigenvalue weighted by Gasteiger charge is -2.28. The highest BCUT2D eigenvalue weighted by molar-refractivity contribution is 5.75. The smallest absolute Gasteiger partial charge is 0.311 e. The second-order valence-electron chi connectivity index (χ2n) is 4.17. The molecular formula is C12H17NO2. The molecule has 0 saturated carbocycles. The van der Waals surface area contributed by atoms with Gasteiger partial charge in [0, 0.05) is 6.04 Å². The zero-order valence-electron chi connectivity index (χ0n) is 9.10. The van der Waals surface area contributed by atoms with Crippen molar-refractivity contribution in [3.8, 4) is 0 Å². The first kappa shape index (κ1) is 11.7. The lowest BCUT2D eigenvalue weighted by molar-refractivity contribution is -0.148. The summed E-state index contributed by atoms with van der Waals surface area (Å²) >= 11 is 0. The van der Waals surface area contributed by atoms with Crippen molar-refractivity contribution in [3.05, 3.63) is 35.9 Å². The monoisotopic (exact) mass is 207 g/mol. The van der Waals surface area contributed by atoms with Crippen LogP contribution in [0.15, 0.2) is 30.3 Å². The Morgan fingerprint density at radius 1 is 1.47 bits per heavy atom. The Hall–Kier alpha value is -1.35. The Morgan fingerprint density at radius 2 is 2.00 bits per heavy atom. The van der Waals surface area contributed by atoms with Crippen molar-refractivity contribution in [1.29, 1.82) is 0 Å². The molecule has 0 aliphatic heterocycles. The summed E-state index contributed by atoms with van der Waals surface area (Å²) in [7, 11) is 0. The van der Waals surface area contributed by atoms with Crippen LogP contribution in [0.4, 0.5) is 0 Å². The number of benzene rings is 1. The maximum Gasteiger partial charge on any atom is 0.311 e. The third-order valence-corrected chi connectivity index (χ3v) is 2.91. The van der Waals surface area contributed by atoms with Crippen molar-refractivity contribution in [1.82, 2.24) is 0 Å². The van der Waals surface area contributed by atoms with Gasteiger partial charge in [0.1, 0.15) is 0 Å². The second-order valence-corrected chi connectivity index (χ2v) is 4.17. The van der Waals surface area contributed by atoms with Crippen LogP contribution in [-0.4, -0.2) is 17.1 Å². The molecule has 15 heavy (non-hydrogen) atoms. The fourth-order valence-corrected chi connectivity index (χ4v) is 1.45. The fraction of sp³-hybridized carbons (Fsp3) is 0.417. The molecule has 82 valence electrons. The molecule has 0 radical (unpaired) electrons. The first-order chi connectivity index (χ1) is 6.97. The van der Waals surface area contributed by atoms with Crippen LogP contribution in [0.2, 0.25) is 0 Å². The first-order valence-corrected chi connectivity index (χ1v) is 4.99. The van der Waals surface area contributed by atoms with Crippen LogP contribution in [0.5, 0.6) is 0 Å². The number of aliphatic carboxylic acids is 1. The topological polar surface area (TPSA) is 63.3 Å².